The Hall–Kier alpha value is -3.01. The van der Waals surface area contributed by atoms with E-state index >= 15 is 0 Å². The van der Waals surface area contributed by atoms with Crippen LogP contribution in [-0.2, 0) is 20.4 Å². The summed E-state index contributed by atoms with van der Waals surface area (Å²) in [4.78, 5) is 31.4. The molecule has 1 heterocycles. The molecular weight excluding hydrogens is 675 g/mol. The third-order valence-electron chi connectivity index (χ3n) is 5.43. The Kier molecular flexibility index (Phi) is 10.7. The largest absolute Gasteiger partial charge is 0.465 e. The van der Waals surface area contributed by atoms with Crippen molar-refractivity contribution in [2.75, 3.05) is 39.4 Å². The lowest BCUT2D eigenvalue weighted by Gasteiger charge is -2.32. The average molecular weight is 697 g/mol. The maximum absolute atomic E-state index is 14.8. The summed E-state index contributed by atoms with van der Waals surface area (Å²) in [6, 6.07) is 7.03. The standard InChI is InChI=1S/C26H22ClF4IN2O6/c1-37-12-16(13-38-2)34(24(35)18-6-4-14(27)8-21(18)28)22-7-5-17(10-19(22)25(36)39-3)40-23-20(26(29,30)31)9-15(32)11-33-23/h4-11,16H,12-13H2,1-3H3. The number of esters is 1. The van der Waals surface area contributed by atoms with E-state index in [-0.39, 0.29) is 44.4 Å². The molecule has 0 fully saturated rings. The number of hydrogen-bond acceptors (Lipinski definition) is 7. The minimum Gasteiger partial charge on any atom is -0.465 e. The molecule has 0 atom stereocenters. The zero-order chi connectivity index (χ0) is 29.6. The van der Waals surface area contributed by atoms with Crippen molar-refractivity contribution in [1.82, 2.24) is 4.98 Å². The molecule has 0 N–H and O–H groups in total. The van der Waals surface area contributed by atoms with Gasteiger partial charge in [-0.2, -0.15) is 13.2 Å². The number of halogens is 6. The Balaban J connectivity index is 2.18. The fraction of sp³-hybridized carbons (Fsp3) is 0.269. The van der Waals surface area contributed by atoms with E-state index in [1.807, 2.05) is 0 Å². The van der Waals surface area contributed by atoms with Crippen molar-refractivity contribution in [1.29, 1.82) is 0 Å². The number of carbonyl (C=O) groups is 2. The van der Waals surface area contributed by atoms with Crippen molar-refractivity contribution < 1.29 is 46.1 Å². The van der Waals surface area contributed by atoms with Gasteiger partial charge in [0.05, 0.1) is 43.2 Å². The summed E-state index contributed by atoms with van der Waals surface area (Å²) in [6.07, 6.45) is -3.59. The van der Waals surface area contributed by atoms with E-state index in [1.54, 1.807) is 22.6 Å². The van der Waals surface area contributed by atoms with Crippen LogP contribution in [-0.4, -0.2) is 57.4 Å². The van der Waals surface area contributed by atoms with E-state index in [0.29, 0.717) is 0 Å². The summed E-state index contributed by atoms with van der Waals surface area (Å²) in [7, 11) is 3.83. The number of pyridine rings is 1. The molecule has 14 heteroatoms. The highest BCUT2D eigenvalue weighted by Gasteiger charge is 2.36. The molecule has 0 unspecified atom stereocenters. The fourth-order valence-corrected chi connectivity index (χ4v) is 4.34. The topological polar surface area (TPSA) is 87.2 Å². The lowest BCUT2D eigenvalue weighted by Crippen LogP contribution is -2.46. The van der Waals surface area contributed by atoms with Crippen LogP contribution in [0.15, 0.2) is 48.7 Å². The molecule has 0 saturated carbocycles. The molecule has 0 radical (unpaired) electrons. The molecule has 40 heavy (non-hydrogen) atoms. The predicted molar refractivity (Wildman–Crippen MR) is 146 cm³/mol. The van der Waals surface area contributed by atoms with Gasteiger partial charge in [-0.25, -0.2) is 14.2 Å². The second kappa shape index (κ2) is 13.6. The first-order valence-corrected chi connectivity index (χ1v) is 12.8. The van der Waals surface area contributed by atoms with Gasteiger partial charge in [-0.05, 0) is 65.1 Å². The van der Waals surface area contributed by atoms with Gasteiger partial charge >= 0.3 is 12.1 Å². The minimum atomic E-state index is -4.77. The molecule has 3 rings (SSSR count). The number of nitrogens with zero attached hydrogens (tertiary/aromatic N) is 2. The van der Waals surface area contributed by atoms with E-state index in [9.17, 15) is 27.2 Å². The van der Waals surface area contributed by atoms with Gasteiger partial charge in [0, 0.05) is 29.0 Å². The van der Waals surface area contributed by atoms with Gasteiger partial charge in [-0.1, -0.05) is 11.6 Å². The fourth-order valence-electron chi connectivity index (χ4n) is 3.73. The maximum Gasteiger partial charge on any atom is 0.421 e. The number of amides is 1. The van der Waals surface area contributed by atoms with Crippen LogP contribution in [0.25, 0.3) is 0 Å². The summed E-state index contributed by atoms with van der Waals surface area (Å²) in [5, 5.41) is 0.0603. The monoisotopic (exact) mass is 696 g/mol. The minimum absolute atomic E-state index is 0.0603. The third-order valence-corrected chi connectivity index (χ3v) is 6.26. The first kappa shape index (κ1) is 31.5. The number of carbonyl (C=O) groups excluding carboxylic acids is 2. The lowest BCUT2D eigenvalue weighted by molar-refractivity contribution is -0.138. The Labute approximate surface area is 245 Å². The van der Waals surface area contributed by atoms with E-state index in [0.717, 1.165) is 30.2 Å². The number of hydrogen-bond donors (Lipinski definition) is 0. The zero-order valence-electron chi connectivity index (χ0n) is 21.2. The Morgan fingerprint density at radius 1 is 1.02 bits per heavy atom. The molecule has 3 aromatic rings. The summed E-state index contributed by atoms with van der Waals surface area (Å²) >= 11 is 7.53. The summed E-state index contributed by atoms with van der Waals surface area (Å²) < 4.78 is 76.6. The van der Waals surface area contributed by atoms with Crippen LogP contribution >= 0.6 is 34.2 Å². The molecule has 0 saturated heterocycles. The van der Waals surface area contributed by atoms with Crippen molar-refractivity contribution in [2.45, 2.75) is 12.2 Å². The first-order valence-electron chi connectivity index (χ1n) is 11.3. The summed E-state index contributed by atoms with van der Waals surface area (Å²) in [6.45, 7) is -0.176. The van der Waals surface area contributed by atoms with E-state index in [4.69, 9.17) is 30.5 Å². The van der Waals surface area contributed by atoms with Crippen molar-refractivity contribution >= 4 is 51.8 Å². The second-order valence-electron chi connectivity index (χ2n) is 8.14. The molecule has 2 aromatic carbocycles. The smallest absolute Gasteiger partial charge is 0.421 e. The highest BCUT2D eigenvalue weighted by atomic mass is 127. The van der Waals surface area contributed by atoms with Gasteiger partial charge in [0.2, 0.25) is 5.88 Å². The number of anilines is 1. The van der Waals surface area contributed by atoms with Gasteiger partial charge in [0.1, 0.15) is 17.1 Å². The van der Waals surface area contributed by atoms with Crippen LogP contribution in [0.3, 0.4) is 0 Å². The number of aromatic nitrogens is 1. The molecule has 0 aliphatic rings. The Bertz CT molecular complexity index is 1390. The van der Waals surface area contributed by atoms with Crippen LogP contribution in [0.1, 0.15) is 26.3 Å². The predicted octanol–water partition coefficient (Wildman–Crippen LogP) is 6.38. The van der Waals surface area contributed by atoms with Crippen LogP contribution in [0.2, 0.25) is 5.02 Å². The van der Waals surface area contributed by atoms with Crippen molar-refractivity contribution in [3.05, 3.63) is 79.8 Å². The third kappa shape index (κ3) is 7.38. The highest BCUT2D eigenvalue weighted by Crippen LogP contribution is 2.39. The number of benzene rings is 2. The van der Waals surface area contributed by atoms with E-state index < -0.39 is 41.4 Å². The van der Waals surface area contributed by atoms with Gasteiger partial charge in [-0.3, -0.25) is 9.69 Å². The molecule has 0 spiro atoms. The Morgan fingerprint density at radius 2 is 1.70 bits per heavy atom. The number of ether oxygens (including phenoxy) is 4. The van der Waals surface area contributed by atoms with Crippen molar-refractivity contribution in [2.24, 2.45) is 0 Å². The molecule has 0 aliphatic carbocycles. The highest BCUT2D eigenvalue weighted by molar-refractivity contribution is 14.1. The lowest BCUT2D eigenvalue weighted by atomic mass is 10.1. The second-order valence-corrected chi connectivity index (χ2v) is 9.82. The number of rotatable bonds is 10. The first-order chi connectivity index (χ1) is 18.9. The molecule has 0 bridgehead atoms. The van der Waals surface area contributed by atoms with Crippen LogP contribution in [0.4, 0.5) is 23.2 Å². The quantitative estimate of drug-likeness (QED) is 0.138. The maximum atomic E-state index is 14.8. The van der Waals surface area contributed by atoms with E-state index in [1.165, 1.54) is 44.7 Å². The van der Waals surface area contributed by atoms with Gasteiger partial charge in [0.15, 0.2) is 0 Å². The molecule has 0 aliphatic heterocycles. The molecule has 1 aromatic heterocycles. The van der Waals surface area contributed by atoms with Crippen LogP contribution in [0, 0.1) is 9.39 Å². The van der Waals surface area contributed by atoms with Crippen LogP contribution < -0.4 is 9.64 Å². The van der Waals surface area contributed by atoms with Crippen molar-refractivity contribution in [3.63, 3.8) is 0 Å². The average Bonchev–Trinajstić information content (AvgIpc) is 2.89. The summed E-state index contributed by atoms with van der Waals surface area (Å²) in [5.74, 6) is -3.69. The molecule has 1 amide bonds. The number of alkyl halides is 3. The van der Waals surface area contributed by atoms with Crippen LogP contribution in [0.5, 0.6) is 11.6 Å². The summed E-state index contributed by atoms with van der Waals surface area (Å²) in [5.41, 5.74) is -1.82. The molecule has 8 nitrogen and oxygen atoms in total. The van der Waals surface area contributed by atoms with Gasteiger partial charge < -0.3 is 18.9 Å². The van der Waals surface area contributed by atoms with E-state index in [2.05, 4.69) is 4.98 Å². The molecule has 214 valence electrons. The zero-order valence-corrected chi connectivity index (χ0v) is 24.1. The van der Waals surface area contributed by atoms with Crippen molar-refractivity contribution in [3.8, 4) is 11.6 Å². The van der Waals surface area contributed by atoms with Gasteiger partial charge in [0.25, 0.3) is 5.91 Å². The SMILES string of the molecule is COCC(COC)N(C(=O)c1ccc(Cl)cc1F)c1ccc(Oc2ncc(I)cc2C(F)(F)F)cc1C(=O)OC. The molecular formula is C26H22ClF4IN2O6. The number of methoxy groups -OCH3 is 3. The normalized spacial score (nSPS) is 11.4. The van der Waals surface area contributed by atoms with Gasteiger partial charge in [-0.15, -0.1) is 0 Å². The Morgan fingerprint density at radius 3 is 2.27 bits per heavy atom.